The van der Waals surface area contributed by atoms with Crippen LogP contribution in [0.1, 0.15) is 38.5 Å². The van der Waals surface area contributed by atoms with Gasteiger partial charge in [0.1, 0.15) is 17.1 Å². The molecule has 2 atom stereocenters. The van der Waals surface area contributed by atoms with Crippen LogP contribution in [0.5, 0.6) is 11.8 Å². The first-order chi connectivity index (χ1) is 18.1. The lowest BCUT2D eigenvalue weighted by Gasteiger charge is -2.34. The second-order valence-electron chi connectivity index (χ2n) is 10.9. The Morgan fingerprint density at radius 2 is 1.70 bits per heavy atom. The minimum absolute atomic E-state index is 0.105. The summed E-state index contributed by atoms with van der Waals surface area (Å²) >= 11 is 0. The number of phenolic OH excluding ortho intramolecular Hbond substituents is 1. The number of hydrogen-bond acceptors (Lipinski definition) is 6. The summed E-state index contributed by atoms with van der Waals surface area (Å²) < 4.78 is 22.5. The zero-order chi connectivity index (χ0) is 24.9. The van der Waals surface area contributed by atoms with Crippen molar-refractivity contribution in [1.29, 1.82) is 0 Å². The highest BCUT2D eigenvalue weighted by atomic mass is 19.1. The van der Waals surface area contributed by atoms with Crippen molar-refractivity contribution in [2.45, 2.75) is 50.6 Å². The van der Waals surface area contributed by atoms with E-state index in [9.17, 15) is 5.11 Å². The number of nitrogens with one attached hydrogen (secondary N) is 1. The van der Waals surface area contributed by atoms with Crippen molar-refractivity contribution in [2.75, 3.05) is 24.6 Å². The first kappa shape index (κ1) is 22.7. The average molecular weight is 499 g/mol. The summed E-state index contributed by atoms with van der Waals surface area (Å²) in [6.45, 7) is 2.24. The molecule has 190 valence electrons. The lowest BCUT2D eigenvalue weighted by atomic mass is 9.96. The van der Waals surface area contributed by atoms with Crippen molar-refractivity contribution in [1.82, 2.24) is 15.3 Å². The standard InChI is InChI=1S/C30H31FN4O2/c31-27-24(26-14-22(36)13-19-7-3-4-8-23(19)26)11-12-25-28(27)33-30(37-17-18-5-1-2-6-18)34-29(25)35-15-20-9-10-21(16-35)32-20/h3-4,7-8,11-14,18,20-21,32,36H,1-2,5-6,9-10,15-17H2. The molecule has 3 heterocycles. The van der Waals surface area contributed by atoms with Crippen molar-refractivity contribution < 1.29 is 14.2 Å². The van der Waals surface area contributed by atoms with Gasteiger partial charge >= 0.3 is 6.01 Å². The number of hydrogen-bond donors (Lipinski definition) is 2. The molecule has 7 rings (SSSR count). The van der Waals surface area contributed by atoms with Gasteiger partial charge in [0.25, 0.3) is 0 Å². The molecule has 1 saturated carbocycles. The molecule has 7 heteroatoms. The number of piperazine rings is 1. The summed E-state index contributed by atoms with van der Waals surface area (Å²) in [5.74, 6) is 0.942. The van der Waals surface area contributed by atoms with Crippen LogP contribution in [-0.4, -0.2) is 46.9 Å². The number of ether oxygens (including phenoxy) is 1. The molecule has 37 heavy (non-hydrogen) atoms. The number of phenols is 1. The molecule has 4 aromatic rings. The van der Waals surface area contributed by atoms with E-state index in [1.807, 2.05) is 30.3 Å². The van der Waals surface area contributed by atoms with Crippen molar-refractivity contribution in [2.24, 2.45) is 5.92 Å². The normalized spacial score (nSPS) is 21.8. The minimum Gasteiger partial charge on any atom is -0.508 e. The van der Waals surface area contributed by atoms with Crippen LogP contribution in [0, 0.1) is 11.7 Å². The average Bonchev–Trinajstić information content (AvgIpc) is 3.56. The summed E-state index contributed by atoms with van der Waals surface area (Å²) in [5.41, 5.74) is 1.32. The Morgan fingerprint density at radius 1 is 0.919 bits per heavy atom. The van der Waals surface area contributed by atoms with Gasteiger partial charge in [-0.15, -0.1) is 0 Å². The maximum absolute atomic E-state index is 16.4. The van der Waals surface area contributed by atoms with Gasteiger partial charge in [-0.2, -0.15) is 9.97 Å². The van der Waals surface area contributed by atoms with E-state index in [4.69, 9.17) is 9.72 Å². The Hall–Kier alpha value is -3.45. The Labute approximate surface area is 215 Å². The smallest absolute Gasteiger partial charge is 0.319 e. The third-order valence-corrected chi connectivity index (χ3v) is 8.34. The van der Waals surface area contributed by atoms with Gasteiger partial charge in [-0.1, -0.05) is 43.2 Å². The van der Waals surface area contributed by atoms with Crippen LogP contribution in [-0.2, 0) is 0 Å². The maximum atomic E-state index is 16.4. The lowest BCUT2D eigenvalue weighted by molar-refractivity contribution is 0.235. The molecule has 0 radical (unpaired) electrons. The predicted octanol–water partition coefficient (Wildman–Crippen LogP) is 5.80. The molecule has 2 unspecified atom stereocenters. The fraction of sp³-hybridized carbons (Fsp3) is 0.400. The van der Waals surface area contributed by atoms with Gasteiger partial charge in [0, 0.05) is 36.1 Å². The molecule has 2 aliphatic heterocycles. The molecule has 2 bridgehead atoms. The van der Waals surface area contributed by atoms with Crippen molar-refractivity contribution in [3.63, 3.8) is 0 Å². The Kier molecular flexibility index (Phi) is 5.61. The zero-order valence-electron chi connectivity index (χ0n) is 20.8. The molecule has 1 aliphatic carbocycles. The van der Waals surface area contributed by atoms with Gasteiger partial charge in [0.2, 0.25) is 0 Å². The van der Waals surface area contributed by atoms with Crippen LogP contribution in [0.3, 0.4) is 0 Å². The first-order valence-corrected chi connectivity index (χ1v) is 13.5. The summed E-state index contributed by atoms with van der Waals surface area (Å²) in [6.07, 6.45) is 7.08. The Bertz CT molecular complexity index is 1470. The van der Waals surface area contributed by atoms with Gasteiger partial charge in [0.05, 0.1) is 6.61 Å². The third-order valence-electron chi connectivity index (χ3n) is 8.34. The predicted molar refractivity (Wildman–Crippen MR) is 144 cm³/mol. The summed E-state index contributed by atoms with van der Waals surface area (Å²) in [7, 11) is 0. The fourth-order valence-electron chi connectivity index (χ4n) is 6.50. The number of aromatic hydroxyl groups is 1. The van der Waals surface area contributed by atoms with Crippen molar-refractivity contribution in [3.8, 4) is 22.9 Å². The highest BCUT2D eigenvalue weighted by molar-refractivity contribution is 6.01. The molecule has 6 nitrogen and oxygen atoms in total. The van der Waals surface area contributed by atoms with Crippen molar-refractivity contribution in [3.05, 3.63) is 54.3 Å². The molecule has 0 amide bonds. The summed E-state index contributed by atoms with van der Waals surface area (Å²) in [6, 6.07) is 15.9. The summed E-state index contributed by atoms with van der Waals surface area (Å²) in [4.78, 5) is 11.7. The van der Waals surface area contributed by atoms with Crippen LogP contribution >= 0.6 is 0 Å². The summed E-state index contributed by atoms with van der Waals surface area (Å²) in [5, 5.41) is 16.5. The lowest BCUT2D eigenvalue weighted by Crippen LogP contribution is -2.51. The van der Waals surface area contributed by atoms with Gasteiger partial charge in [-0.3, -0.25) is 0 Å². The largest absolute Gasteiger partial charge is 0.508 e. The van der Waals surface area contributed by atoms with E-state index in [2.05, 4.69) is 15.2 Å². The number of benzene rings is 3. The highest BCUT2D eigenvalue weighted by Gasteiger charge is 2.34. The molecule has 1 aromatic heterocycles. The highest BCUT2D eigenvalue weighted by Crippen LogP contribution is 2.39. The van der Waals surface area contributed by atoms with E-state index in [0.717, 1.165) is 55.4 Å². The monoisotopic (exact) mass is 498 g/mol. The molecule has 3 aromatic carbocycles. The van der Waals surface area contributed by atoms with E-state index in [1.54, 1.807) is 18.2 Å². The SMILES string of the molecule is Oc1cc(-c2ccc3c(N4CC5CCC(C4)N5)nc(OCC4CCCC4)nc3c2F)c2ccccc2c1. The van der Waals surface area contributed by atoms with E-state index in [1.165, 1.54) is 12.8 Å². The molecular formula is C30H31FN4O2. The molecule has 3 aliphatic rings. The van der Waals surface area contributed by atoms with Gasteiger partial charge in [-0.25, -0.2) is 4.39 Å². The van der Waals surface area contributed by atoms with E-state index < -0.39 is 5.82 Å². The van der Waals surface area contributed by atoms with Crippen LogP contribution in [0.25, 0.3) is 32.8 Å². The molecule has 2 saturated heterocycles. The van der Waals surface area contributed by atoms with E-state index >= 15 is 4.39 Å². The Morgan fingerprint density at radius 3 is 2.51 bits per heavy atom. The maximum Gasteiger partial charge on any atom is 0.319 e. The Balaban J connectivity index is 1.36. The second-order valence-corrected chi connectivity index (χ2v) is 10.9. The second kappa shape index (κ2) is 9.14. The zero-order valence-corrected chi connectivity index (χ0v) is 20.8. The van der Waals surface area contributed by atoms with Gasteiger partial charge < -0.3 is 20.1 Å². The number of nitrogens with zero attached hydrogens (tertiary/aromatic N) is 3. The topological polar surface area (TPSA) is 70.5 Å². The van der Waals surface area contributed by atoms with Crippen LogP contribution in [0.2, 0.25) is 0 Å². The van der Waals surface area contributed by atoms with Crippen LogP contribution in [0.4, 0.5) is 10.2 Å². The molecule has 0 spiro atoms. The number of anilines is 1. The number of fused-ring (bicyclic) bond motifs is 4. The van der Waals surface area contributed by atoms with E-state index in [-0.39, 0.29) is 17.3 Å². The van der Waals surface area contributed by atoms with E-state index in [0.29, 0.717) is 41.1 Å². The third kappa shape index (κ3) is 4.15. The number of rotatable bonds is 5. The fourth-order valence-corrected chi connectivity index (χ4v) is 6.50. The molecule has 2 N–H and O–H groups in total. The number of halogens is 1. The first-order valence-electron chi connectivity index (χ1n) is 13.5. The van der Waals surface area contributed by atoms with Gasteiger partial charge in [0.15, 0.2) is 5.82 Å². The molecular weight excluding hydrogens is 467 g/mol. The molecule has 3 fully saturated rings. The van der Waals surface area contributed by atoms with Crippen molar-refractivity contribution >= 4 is 27.5 Å². The van der Waals surface area contributed by atoms with Crippen LogP contribution in [0.15, 0.2) is 48.5 Å². The van der Waals surface area contributed by atoms with Crippen LogP contribution < -0.4 is 15.0 Å². The quantitative estimate of drug-likeness (QED) is 0.362. The van der Waals surface area contributed by atoms with Gasteiger partial charge in [-0.05, 0) is 66.1 Å². The minimum atomic E-state index is -0.416. The number of aromatic nitrogens is 2.